The zero-order valence-corrected chi connectivity index (χ0v) is 19.2. The molecule has 156 valence electrons. The summed E-state index contributed by atoms with van der Waals surface area (Å²) in [4.78, 5) is 3.26. The van der Waals surface area contributed by atoms with Gasteiger partial charge < -0.3 is 4.74 Å². The van der Waals surface area contributed by atoms with Gasteiger partial charge in [-0.2, -0.15) is 0 Å². The maximum absolute atomic E-state index is 15.2. The molecule has 0 radical (unpaired) electrons. The summed E-state index contributed by atoms with van der Waals surface area (Å²) in [6.45, 7) is 10.3. The van der Waals surface area contributed by atoms with Crippen LogP contribution in [0.25, 0.3) is 0 Å². The molecule has 0 aliphatic heterocycles. The van der Waals surface area contributed by atoms with Crippen molar-refractivity contribution < 1.29 is 9.13 Å². The Morgan fingerprint density at radius 3 is 1.80 bits per heavy atom. The highest BCUT2D eigenvalue weighted by molar-refractivity contribution is 7.97. The lowest BCUT2D eigenvalue weighted by atomic mass is 9.90. The van der Waals surface area contributed by atoms with Crippen LogP contribution in [-0.2, 0) is 10.9 Å². The summed E-state index contributed by atoms with van der Waals surface area (Å²) < 4.78 is 21.5. The molecule has 3 heteroatoms. The van der Waals surface area contributed by atoms with Gasteiger partial charge in [0.2, 0.25) is 0 Å². The van der Waals surface area contributed by atoms with Gasteiger partial charge in [-0.05, 0) is 76.1 Å². The third kappa shape index (κ3) is 4.79. The summed E-state index contributed by atoms with van der Waals surface area (Å²) in [6, 6.07) is 25.9. The molecule has 0 bridgehead atoms. The molecule has 0 aromatic heterocycles. The summed E-state index contributed by atoms with van der Waals surface area (Å²) in [7, 11) is -0.379. The Morgan fingerprint density at radius 2 is 1.37 bits per heavy atom. The normalized spacial score (nSPS) is 13.0. The highest BCUT2D eigenvalue weighted by atomic mass is 32.2. The molecule has 3 rings (SSSR count). The second-order valence-electron chi connectivity index (χ2n) is 7.84. The first-order valence-corrected chi connectivity index (χ1v) is 11.6. The average molecular weight is 422 g/mol. The minimum Gasteiger partial charge on any atom is -0.480 e. The zero-order chi connectivity index (χ0) is 21.7. The van der Waals surface area contributed by atoms with Crippen molar-refractivity contribution in [1.82, 2.24) is 0 Å². The first kappa shape index (κ1) is 22.2. The molecular weight excluding hydrogens is 391 g/mol. The van der Waals surface area contributed by atoms with E-state index in [-0.39, 0.29) is 16.7 Å². The summed E-state index contributed by atoms with van der Waals surface area (Å²) >= 11 is 0. The van der Waals surface area contributed by atoms with E-state index in [1.807, 2.05) is 49.4 Å². The standard InChI is InChI=1S/C27H30FOS/c1-6-27(5,21(4)20(2)3)29-26-18-17-24(19-25(26)28)30(22-13-9-7-10-14-22)23-15-11-8-12-16-23/h7-19H,6H2,1-5H3/q+1. The van der Waals surface area contributed by atoms with Crippen molar-refractivity contribution in [2.24, 2.45) is 0 Å². The number of hydrogen-bond donors (Lipinski definition) is 0. The Bertz CT molecular complexity index is 970. The van der Waals surface area contributed by atoms with Gasteiger partial charge in [-0.25, -0.2) is 4.39 Å². The topological polar surface area (TPSA) is 9.23 Å². The molecule has 0 amide bonds. The molecule has 30 heavy (non-hydrogen) atoms. The van der Waals surface area contributed by atoms with E-state index in [0.717, 1.165) is 26.7 Å². The Balaban J connectivity index is 2.01. The Labute approximate surface area is 183 Å². The van der Waals surface area contributed by atoms with Gasteiger partial charge >= 0.3 is 0 Å². The third-order valence-corrected chi connectivity index (χ3v) is 7.86. The molecule has 1 atom stereocenters. The summed E-state index contributed by atoms with van der Waals surface area (Å²) in [6.07, 6.45) is 0.767. The molecule has 1 unspecified atom stereocenters. The molecule has 0 fully saturated rings. The molecule has 3 aromatic rings. The second-order valence-corrected chi connectivity index (χ2v) is 9.86. The predicted octanol–water partition coefficient (Wildman–Crippen LogP) is 7.82. The van der Waals surface area contributed by atoms with Crippen LogP contribution in [0.5, 0.6) is 5.75 Å². The molecule has 3 aromatic carbocycles. The average Bonchev–Trinajstić information content (AvgIpc) is 2.76. The third-order valence-electron chi connectivity index (χ3n) is 5.65. The first-order chi connectivity index (χ1) is 14.4. The monoisotopic (exact) mass is 421 g/mol. The van der Waals surface area contributed by atoms with Crippen LogP contribution in [0, 0.1) is 5.82 Å². The van der Waals surface area contributed by atoms with E-state index in [2.05, 4.69) is 52.0 Å². The molecule has 0 spiro atoms. The number of benzene rings is 3. The minimum atomic E-state index is -0.526. The number of allylic oxidation sites excluding steroid dienone is 1. The predicted molar refractivity (Wildman–Crippen MR) is 125 cm³/mol. The lowest BCUT2D eigenvalue weighted by Crippen LogP contribution is -2.34. The van der Waals surface area contributed by atoms with Crippen molar-refractivity contribution in [3.63, 3.8) is 0 Å². The van der Waals surface area contributed by atoms with Gasteiger partial charge in [-0.15, -0.1) is 0 Å². The van der Waals surface area contributed by atoms with Crippen molar-refractivity contribution in [3.05, 3.63) is 95.8 Å². The van der Waals surface area contributed by atoms with Gasteiger partial charge in [-0.3, -0.25) is 0 Å². The maximum atomic E-state index is 15.2. The van der Waals surface area contributed by atoms with Crippen molar-refractivity contribution in [3.8, 4) is 5.75 Å². The molecule has 1 nitrogen and oxygen atoms in total. The van der Waals surface area contributed by atoms with Crippen molar-refractivity contribution in [1.29, 1.82) is 0 Å². The largest absolute Gasteiger partial charge is 0.480 e. The molecule has 0 aliphatic carbocycles. The molecule has 0 N–H and O–H groups in total. The Morgan fingerprint density at radius 1 is 0.833 bits per heavy atom. The number of hydrogen-bond acceptors (Lipinski definition) is 1. The van der Waals surface area contributed by atoms with Crippen molar-refractivity contribution >= 4 is 10.9 Å². The van der Waals surface area contributed by atoms with Crippen LogP contribution in [0.3, 0.4) is 0 Å². The highest BCUT2D eigenvalue weighted by Crippen LogP contribution is 2.35. The smallest absolute Gasteiger partial charge is 0.170 e. The lowest BCUT2D eigenvalue weighted by molar-refractivity contribution is 0.116. The zero-order valence-electron chi connectivity index (χ0n) is 18.4. The number of ether oxygens (including phenoxy) is 1. The van der Waals surface area contributed by atoms with Crippen LogP contribution in [0.15, 0.2) is 105 Å². The molecule has 0 saturated carbocycles. The highest BCUT2D eigenvalue weighted by Gasteiger charge is 2.32. The van der Waals surface area contributed by atoms with Crippen LogP contribution in [0.1, 0.15) is 41.0 Å². The van der Waals surface area contributed by atoms with Gasteiger partial charge in [0.05, 0.1) is 10.9 Å². The maximum Gasteiger partial charge on any atom is 0.170 e. The number of halogens is 1. The number of rotatable bonds is 7. The van der Waals surface area contributed by atoms with E-state index in [0.29, 0.717) is 5.75 Å². The van der Waals surface area contributed by atoms with Gasteiger partial charge in [-0.1, -0.05) is 48.9 Å². The van der Waals surface area contributed by atoms with Crippen molar-refractivity contribution in [2.45, 2.75) is 61.3 Å². The van der Waals surface area contributed by atoms with E-state index >= 15 is 4.39 Å². The van der Waals surface area contributed by atoms with Crippen LogP contribution in [0.2, 0.25) is 0 Å². The quantitative estimate of drug-likeness (QED) is 0.279. The summed E-state index contributed by atoms with van der Waals surface area (Å²) in [5.41, 5.74) is 1.81. The minimum absolute atomic E-state index is 0.299. The van der Waals surface area contributed by atoms with Crippen molar-refractivity contribution in [2.75, 3.05) is 0 Å². The summed E-state index contributed by atoms with van der Waals surface area (Å²) in [5.74, 6) is -0.0218. The van der Waals surface area contributed by atoms with Crippen LogP contribution in [0.4, 0.5) is 4.39 Å². The SMILES string of the molecule is CCC(C)(Oc1ccc([S+](c2ccccc2)c2ccccc2)cc1F)C(C)=C(C)C. The molecule has 0 heterocycles. The second kappa shape index (κ2) is 9.53. The Kier molecular flexibility index (Phi) is 7.04. The lowest BCUT2D eigenvalue weighted by Gasteiger charge is -2.32. The van der Waals surface area contributed by atoms with Gasteiger partial charge in [0, 0.05) is 6.07 Å². The summed E-state index contributed by atoms with van der Waals surface area (Å²) in [5, 5.41) is 0. The van der Waals surface area contributed by atoms with Gasteiger partial charge in [0.25, 0.3) is 0 Å². The van der Waals surface area contributed by atoms with E-state index in [1.54, 1.807) is 12.1 Å². The van der Waals surface area contributed by atoms with Crippen LogP contribution in [-0.4, -0.2) is 5.60 Å². The molecule has 0 saturated heterocycles. The molecule has 0 aliphatic rings. The van der Waals surface area contributed by atoms with Gasteiger partial charge in [0.15, 0.2) is 26.3 Å². The van der Waals surface area contributed by atoms with E-state index in [9.17, 15) is 0 Å². The fourth-order valence-electron chi connectivity index (χ4n) is 3.40. The fraction of sp³-hybridized carbons (Fsp3) is 0.259. The first-order valence-electron chi connectivity index (χ1n) is 10.3. The molecular formula is C27H30FOS+. The van der Waals surface area contributed by atoms with E-state index in [1.165, 1.54) is 5.57 Å². The van der Waals surface area contributed by atoms with E-state index < -0.39 is 5.60 Å². The van der Waals surface area contributed by atoms with Gasteiger partial charge in [0.1, 0.15) is 5.60 Å². The Hall–Kier alpha value is -2.52. The van der Waals surface area contributed by atoms with Crippen LogP contribution < -0.4 is 4.74 Å². The fourth-order valence-corrected chi connectivity index (χ4v) is 5.50. The van der Waals surface area contributed by atoms with E-state index in [4.69, 9.17) is 4.74 Å². The van der Waals surface area contributed by atoms with Crippen LogP contribution >= 0.6 is 0 Å².